The third kappa shape index (κ3) is 1.92. The molecule has 0 saturated heterocycles. The predicted molar refractivity (Wildman–Crippen MR) is 37.1 cm³/mol. The molecule has 0 aliphatic carbocycles. The van der Waals surface area contributed by atoms with E-state index < -0.39 is 12.0 Å². The Morgan fingerprint density at radius 3 is 3.09 bits per heavy atom. The second-order valence-corrected chi connectivity index (χ2v) is 2.04. The van der Waals surface area contributed by atoms with E-state index in [9.17, 15) is 4.79 Å². The van der Waals surface area contributed by atoms with E-state index in [2.05, 4.69) is 20.5 Å². The molecule has 1 heterocycles. The maximum Gasteiger partial charge on any atom is 0.325 e. The number of nitrogens with one attached hydrogen (secondary N) is 2. The largest absolute Gasteiger partial charge is 0.480 e. The number of carbonyl (C=O) groups is 1. The van der Waals surface area contributed by atoms with Crippen molar-refractivity contribution in [3.8, 4) is 0 Å². The Bertz CT molecular complexity index is 233. The van der Waals surface area contributed by atoms with Gasteiger partial charge >= 0.3 is 5.97 Å². The number of aromatic nitrogens is 3. The predicted octanol–water partition coefficient (Wildman–Crippen LogP) is -0.310. The van der Waals surface area contributed by atoms with E-state index >= 15 is 0 Å². The van der Waals surface area contributed by atoms with Gasteiger partial charge in [-0.1, -0.05) is 0 Å². The van der Waals surface area contributed by atoms with E-state index in [1.807, 2.05) is 0 Å². The molecule has 1 aromatic rings. The van der Waals surface area contributed by atoms with Crippen LogP contribution in [0.4, 0.5) is 5.95 Å². The number of H-pyrrole nitrogens is 1. The molecule has 6 heteroatoms. The summed E-state index contributed by atoms with van der Waals surface area (Å²) in [5.41, 5.74) is 0. The van der Waals surface area contributed by atoms with Gasteiger partial charge < -0.3 is 10.4 Å². The average molecular weight is 156 g/mol. The maximum atomic E-state index is 10.3. The molecule has 11 heavy (non-hydrogen) atoms. The standard InChI is InChI=1S/C5H8N4O2/c1-3(4(10)11)8-5-6-2-7-9-5/h2-3H,1H3,(H,10,11)(H2,6,7,8,9). The molecule has 60 valence electrons. The van der Waals surface area contributed by atoms with Gasteiger partial charge in [0.15, 0.2) is 0 Å². The average Bonchev–Trinajstić information content (AvgIpc) is 2.39. The second kappa shape index (κ2) is 3.00. The Hall–Kier alpha value is -1.59. The lowest BCUT2D eigenvalue weighted by Gasteiger charge is -2.05. The molecular weight excluding hydrogens is 148 g/mol. The van der Waals surface area contributed by atoms with E-state index in [1.54, 1.807) is 0 Å². The number of aliphatic carboxylic acids is 1. The zero-order valence-electron chi connectivity index (χ0n) is 5.90. The summed E-state index contributed by atoms with van der Waals surface area (Å²) < 4.78 is 0. The number of carboxylic acids is 1. The van der Waals surface area contributed by atoms with Crippen LogP contribution in [0.2, 0.25) is 0 Å². The molecule has 0 spiro atoms. The molecule has 1 atom stereocenters. The number of hydrogen-bond donors (Lipinski definition) is 3. The highest BCUT2D eigenvalue weighted by atomic mass is 16.4. The molecule has 0 aliphatic rings. The van der Waals surface area contributed by atoms with Crippen LogP contribution in [0.5, 0.6) is 0 Å². The van der Waals surface area contributed by atoms with E-state index in [1.165, 1.54) is 13.3 Å². The summed E-state index contributed by atoms with van der Waals surface area (Å²) in [5.74, 6) is -0.568. The molecule has 0 aromatic carbocycles. The van der Waals surface area contributed by atoms with Crippen LogP contribution in [0.3, 0.4) is 0 Å². The Kier molecular flexibility index (Phi) is 2.05. The summed E-state index contributed by atoms with van der Waals surface area (Å²) in [6.07, 6.45) is 1.30. The molecule has 0 fully saturated rings. The van der Waals surface area contributed by atoms with Gasteiger partial charge in [-0.15, -0.1) is 0 Å². The van der Waals surface area contributed by atoms with Crippen molar-refractivity contribution in [3.05, 3.63) is 6.33 Å². The molecule has 0 amide bonds. The second-order valence-electron chi connectivity index (χ2n) is 2.04. The number of aromatic amines is 1. The smallest absolute Gasteiger partial charge is 0.325 e. The highest BCUT2D eigenvalue weighted by Gasteiger charge is 2.10. The molecular formula is C5H8N4O2. The Balaban J connectivity index is 2.50. The SMILES string of the molecule is CC(Nc1ncn[nH]1)C(=O)O. The highest BCUT2D eigenvalue weighted by Crippen LogP contribution is 1.95. The molecule has 0 saturated carbocycles. The third-order valence-corrected chi connectivity index (χ3v) is 1.14. The highest BCUT2D eigenvalue weighted by molar-refractivity contribution is 5.75. The monoisotopic (exact) mass is 156 g/mol. The summed E-state index contributed by atoms with van der Waals surface area (Å²) in [5, 5.41) is 17.1. The first-order valence-corrected chi connectivity index (χ1v) is 3.05. The topological polar surface area (TPSA) is 90.9 Å². The van der Waals surface area contributed by atoms with Gasteiger partial charge in [0.2, 0.25) is 5.95 Å². The molecule has 1 unspecified atom stereocenters. The third-order valence-electron chi connectivity index (χ3n) is 1.14. The quantitative estimate of drug-likeness (QED) is 0.558. The first-order chi connectivity index (χ1) is 5.20. The van der Waals surface area contributed by atoms with Crippen LogP contribution in [-0.4, -0.2) is 32.3 Å². The summed E-state index contributed by atoms with van der Waals surface area (Å²) in [6, 6.07) is -0.664. The van der Waals surface area contributed by atoms with Crippen molar-refractivity contribution in [2.24, 2.45) is 0 Å². The van der Waals surface area contributed by atoms with Crippen molar-refractivity contribution < 1.29 is 9.90 Å². The van der Waals surface area contributed by atoms with E-state index in [4.69, 9.17) is 5.11 Å². The first-order valence-electron chi connectivity index (χ1n) is 3.05. The van der Waals surface area contributed by atoms with Crippen LogP contribution < -0.4 is 5.32 Å². The Labute approximate surface area is 62.6 Å². The van der Waals surface area contributed by atoms with Crippen LogP contribution in [-0.2, 0) is 4.79 Å². The van der Waals surface area contributed by atoms with E-state index in [0.717, 1.165) is 0 Å². The van der Waals surface area contributed by atoms with Crippen LogP contribution >= 0.6 is 0 Å². The van der Waals surface area contributed by atoms with Crippen LogP contribution in [0, 0.1) is 0 Å². The zero-order chi connectivity index (χ0) is 8.27. The molecule has 0 bridgehead atoms. The van der Waals surface area contributed by atoms with Gasteiger partial charge in [0.25, 0.3) is 0 Å². The molecule has 1 aromatic heterocycles. The Morgan fingerprint density at radius 1 is 1.91 bits per heavy atom. The number of anilines is 1. The lowest BCUT2D eigenvalue weighted by Crippen LogP contribution is -2.25. The van der Waals surface area contributed by atoms with Gasteiger partial charge in [0.1, 0.15) is 12.4 Å². The maximum absolute atomic E-state index is 10.3. The van der Waals surface area contributed by atoms with Crippen molar-refractivity contribution in [1.29, 1.82) is 0 Å². The van der Waals surface area contributed by atoms with Crippen LogP contribution in [0.15, 0.2) is 6.33 Å². The fourth-order valence-electron chi connectivity index (χ4n) is 0.542. The molecule has 6 nitrogen and oxygen atoms in total. The lowest BCUT2D eigenvalue weighted by molar-refractivity contribution is -0.137. The normalized spacial score (nSPS) is 12.5. The Morgan fingerprint density at radius 2 is 2.64 bits per heavy atom. The van der Waals surface area contributed by atoms with E-state index in [0.29, 0.717) is 5.95 Å². The summed E-state index contributed by atoms with van der Waals surface area (Å²) >= 11 is 0. The van der Waals surface area contributed by atoms with Gasteiger partial charge in [-0.2, -0.15) is 5.10 Å². The first kappa shape index (κ1) is 7.52. The minimum absolute atomic E-state index is 0.361. The van der Waals surface area contributed by atoms with Crippen molar-refractivity contribution >= 4 is 11.9 Å². The van der Waals surface area contributed by atoms with Gasteiger partial charge in [0, 0.05) is 0 Å². The van der Waals surface area contributed by atoms with Gasteiger partial charge in [0.05, 0.1) is 0 Å². The summed E-state index contributed by atoms with van der Waals surface area (Å²) in [7, 11) is 0. The zero-order valence-corrected chi connectivity index (χ0v) is 5.90. The van der Waals surface area contributed by atoms with Crippen molar-refractivity contribution in [2.75, 3.05) is 5.32 Å². The van der Waals surface area contributed by atoms with Crippen molar-refractivity contribution in [1.82, 2.24) is 15.2 Å². The van der Waals surface area contributed by atoms with Crippen LogP contribution in [0.1, 0.15) is 6.92 Å². The summed E-state index contributed by atoms with van der Waals surface area (Å²) in [6.45, 7) is 1.52. The van der Waals surface area contributed by atoms with Gasteiger partial charge in [-0.3, -0.25) is 4.79 Å². The molecule has 3 N–H and O–H groups in total. The van der Waals surface area contributed by atoms with Crippen molar-refractivity contribution in [2.45, 2.75) is 13.0 Å². The van der Waals surface area contributed by atoms with Crippen LogP contribution in [0.25, 0.3) is 0 Å². The fraction of sp³-hybridized carbons (Fsp3) is 0.400. The van der Waals surface area contributed by atoms with Crippen molar-refractivity contribution in [3.63, 3.8) is 0 Å². The number of hydrogen-bond acceptors (Lipinski definition) is 4. The number of rotatable bonds is 3. The minimum atomic E-state index is -0.929. The number of nitrogens with zero attached hydrogens (tertiary/aromatic N) is 2. The van der Waals surface area contributed by atoms with Gasteiger partial charge in [-0.25, -0.2) is 10.1 Å². The van der Waals surface area contributed by atoms with E-state index in [-0.39, 0.29) is 0 Å². The fourth-order valence-corrected chi connectivity index (χ4v) is 0.542. The van der Waals surface area contributed by atoms with Gasteiger partial charge in [-0.05, 0) is 6.92 Å². The minimum Gasteiger partial charge on any atom is -0.480 e. The number of carboxylic acid groups (broad SMARTS) is 1. The summed E-state index contributed by atoms with van der Waals surface area (Å²) in [4.78, 5) is 14.0. The molecule has 0 aliphatic heterocycles. The molecule has 1 rings (SSSR count). The lowest BCUT2D eigenvalue weighted by atomic mass is 10.3. The molecule has 0 radical (unpaired) electrons.